The van der Waals surface area contributed by atoms with E-state index in [9.17, 15) is 4.79 Å². The van der Waals surface area contributed by atoms with Crippen molar-refractivity contribution in [2.45, 2.75) is 6.92 Å². The van der Waals surface area contributed by atoms with E-state index >= 15 is 0 Å². The molecule has 0 spiro atoms. The molecule has 0 atom stereocenters. The van der Waals surface area contributed by atoms with Gasteiger partial charge >= 0.3 is 5.97 Å². The summed E-state index contributed by atoms with van der Waals surface area (Å²) in [5, 5.41) is 17.4. The first-order chi connectivity index (χ1) is 8.11. The van der Waals surface area contributed by atoms with Crippen LogP contribution >= 0.6 is 11.3 Å². The van der Waals surface area contributed by atoms with Gasteiger partial charge in [0.15, 0.2) is 0 Å². The van der Waals surface area contributed by atoms with E-state index in [1.165, 1.54) is 23.6 Å². The van der Waals surface area contributed by atoms with E-state index in [1.807, 2.05) is 13.0 Å². The molecule has 0 unspecified atom stereocenters. The van der Waals surface area contributed by atoms with E-state index in [0.29, 0.717) is 5.56 Å². The van der Waals surface area contributed by atoms with Gasteiger partial charge in [-0.25, -0.2) is 4.79 Å². The zero-order chi connectivity index (χ0) is 12.4. The summed E-state index contributed by atoms with van der Waals surface area (Å²) in [4.78, 5) is 15.4. The number of rotatable bonds is 2. The number of fused-ring (bicyclic) bond motifs is 1. The van der Waals surface area contributed by atoms with Crippen LogP contribution in [0.15, 0.2) is 18.3 Å². The van der Waals surface area contributed by atoms with Gasteiger partial charge in [-0.15, -0.1) is 11.3 Å². The fraction of sp³-hybridized carbons (Fsp3) is 0.0833. The molecule has 2 aromatic heterocycles. The molecule has 84 valence electrons. The van der Waals surface area contributed by atoms with Gasteiger partial charge in [-0.05, 0) is 24.6 Å². The topological polar surface area (TPSA) is 74.0 Å². The number of carboxylic acid groups (broad SMARTS) is 1. The van der Waals surface area contributed by atoms with Gasteiger partial charge in [-0.3, -0.25) is 4.98 Å². The Morgan fingerprint density at radius 1 is 1.65 bits per heavy atom. The molecule has 0 aliphatic rings. The average molecular weight is 244 g/mol. The van der Waals surface area contributed by atoms with Crippen molar-refractivity contribution in [3.05, 3.63) is 34.3 Å². The summed E-state index contributed by atoms with van der Waals surface area (Å²) in [6.07, 6.45) is 4.15. The lowest BCUT2D eigenvalue weighted by molar-refractivity contribution is -0.131. The molecular formula is C12H8N2O2S. The van der Waals surface area contributed by atoms with Gasteiger partial charge in [0.25, 0.3) is 0 Å². The van der Waals surface area contributed by atoms with Gasteiger partial charge in [-0.2, -0.15) is 5.26 Å². The van der Waals surface area contributed by atoms with E-state index in [2.05, 4.69) is 11.1 Å². The van der Waals surface area contributed by atoms with Crippen molar-refractivity contribution in [1.82, 2.24) is 4.98 Å². The summed E-state index contributed by atoms with van der Waals surface area (Å²) < 4.78 is 0.925. The Morgan fingerprint density at radius 3 is 3.06 bits per heavy atom. The number of aromatic nitrogens is 1. The van der Waals surface area contributed by atoms with Gasteiger partial charge in [0, 0.05) is 17.2 Å². The summed E-state index contributed by atoms with van der Waals surface area (Å²) in [7, 11) is 0. The van der Waals surface area contributed by atoms with Crippen molar-refractivity contribution >= 4 is 33.6 Å². The Kier molecular flexibility index (Phi) is 2.90. The zero-order valence-electron chi connectivity index (χ0n) is 8.97. The molecule has 0 fully saturated rings. The molecule has 0 aromatic carbocycles. The molecule has 17 heavy (non-hydrogen) atoms. The molecule has 2 heterocycles. The summed E-state index contributed by atoms with van der Waals surface area (Å²) in [5.41, 5.74) is 2.22. The van der Waals surface area contributed by atoms with Crippen molar-refractivity contribution in [3.8, 4) is 6.07 Å². The smallest absolute Gasteiger partial charge is 0.328 e. The van der Waals surface area contributed by atoms with Crippen molar-refractivity contribution in [2.75, 3.05) is 0 Å². The van der Waals surface area contributed by atoms with Gasteiger partial charge in [0.2, 0.25) is 0 Å². The molecule has 0 saturated carbocycles. The van der Waals surface area contributed by atoms with Crippen LogP contribution in [0.5, 0.6) is 0 Å². The fourth-order valence-corrected chi connectivity index (χ4v) is 2.49. The second-order valence-corrected chi connectivity index (χ2v) is 4.53. The number of aryl methyl sites for hydroxylation is 1. The zero-order valence-corrected chi connectivity index (χ0v) is 9.78. The molecule has 0 saturated heterocycles. The molecule has 2 rings (SSSR count). The van der Waals surface area contributed by atoms with Crippen molar-refractivity contribution in [3.63, 3.8) is 0 Å². The quantitative estimate of drug-likeness (QED) is 0.824. The Labute approximate surface area is 101 Å². The third-order valence-corrected chi connectivity index (χ3v) is 3.53. The van der Waals surface area contributed by atoms with Gasteiger partial charge in [0.05, 0.1) is 15.8 Å². The Balaban J connectivity index is 2.55. The van der Waals surface area contributed by atoms with Crippen LogP contribution in [0.3, 0.4) is 0 Å². The van der Waals surface area contributed by atoms with Crippen molar-refractivity contribution in [1.29, 1.82) is 5.26 Å². The number of thiophene rings is 1. The first-order valence-corrected chi connectivity index (χ1v) is 5.63. The highest BCUT2D eigenvalue weighted by atomic mass is 32.1. The Hall–Kier alpha value is -2.19. The largest absolute Gasteiger partial charge is 0.478 e. The predicted molar refractivity (Wildman–Crippen MR) is 65.7 cm³/mol. The molecule has 2 aromatic rings. The van der Waals surface area contributed by atoms with Crippen LogP contribution in [0.4, 0.5) is 0 Å². The second kappa shape index (κ2) is 4.36. The number of nitriles is 1. The molecular weight excluding hydrogens is 236 g/mol. The van der Waals surface area contributed by atoms with Gasteiger partial charge in [-0.1, -0.05) is 0 Å². The number of hydrogen-bond acceptors (Lipinski definition) is 4. The van der Waals surface area contributed by atoms with Gasteiger partial charge in [0.1, 0.15) is 6.07 Å². The highest BCUT2D eigenvalue weighted by Gasteiger charge is 2.07. The van der Waals surface area contributed by atoms with Crippen molar-refractivity contribution in [2.24, 2.45) is 0 Å². The lowest BCUT2D eigenvalue weighted by Crippen LogP contribution is -1.84. The van der Waals surface area contributed by atoms with Gasteiger partial charge < -0.3 is 5.11 Å². The van der Waals surface area contributed by atoms with E-state index in [1.54, 1.807) is 0 Å². The number of aliphatic carboxylic acids is 1. The Morgan fingerprint density at radius 2 is 2.41 bits per heavy atom. The minimum Gasteiger partial charge on any atom is -0.478 e. The van der Waals surface area contributed by atoms with Crippen LogP contribution in [0.1, 0.15) is 16.0 Å². The number of hydrogen-bond donors (Lipinski definition) is 1. The summed E-state index contributed by atoms with van der Waals surface area (Å²) >= 11 is 1.43. The molecule has 5 heteroatoms. The van der Waals surface area contributed by atoms with Crippen LogP contribution in [-0.2, 0) is 4.79 Å². The van der Waals surface area contributed by atoms with Crippen LogP contribution in [0.2, 0.25) is 0 Å². The number of carbonyl (C=O) groups is 1. The minimum atomic E-state index is -0.982. The molecule has 0 amide bonds. The third kappa shape index (κ3) is 2.17. The maximum Gasteiger partial charge on any atom is 0.328 e. The lowest BCUT2D eigenvalue weighted by atomic mass is 10.1. The SMILES string of the molecule is Cc1c(C#N)cnc2cc(/C=C/C(=O)O)sc12. The highest BCUT2D eigenvalue weighted by molar-refractivity contribution is 7.20. The molecule has 0 radical (unpaired) electrons. The highest BCUT2D eigenvalue weighted by Crippen LogP contribution is 2.29. The van der Waals surface area contributed by atoms with E-state index in [0.717, 1.165) is 26.7 Å². The van der Waals surface area contributed by atoms with E-state index in [4.69, 9.17) is 10.4 Å². The monoisotopic (exact) mass is 244 g/mol. The minimum absolute atomic E-state index is 0.549. The standard InChI is InChI=1S/C12H8N2O2S/c1-7-8(5-13)6-14-10-4-9(17-12(7)10)2-3-11(15)16/h2-4,6H,1H3,(H,15,16)/b3-2+. The first kappa shape index (κ1) is 11.3. The van der Waals surface area contributed by atoms with Crippen LogP contribution in [-0.4, -0.2) is 16.1 Å². The third-order valence-electron chi connectivity index (χ3n) is 2.32. The van der Waals surface area contributed by atoms with Crippen LogP contribution in [0.25, 0.3) is 16.3 Å². The number of pyridine rings is 1. The second-order valence-electron chi connectivity index (χ2n) is 3.44. The van der Waals surface area contributed by atoms with Crippen LogP contribution in [0, 0.1) is 18.3 Å². The maximum absolute atomic E-state index is 10.4. The molecule has 0 aliphatic heterocycles. The molecule has 0 bridgehead atoms. The predicted octanol–water partition coefficient (Wildman–Crippen LogP) is 2.57. The number of nitrogens with zero attached hydrogens (tertiary/aromatic N) is 2. The maximum atomic E-state index is 10.4. The summed E-state index contributed by atoms with van der Waals surface area (Å²) in [6.45, 7) is 1.86. The summed E-state index contributed by atoms with van der Waals surface area (Å²) in [6, 6.07) is 3.89. The molecule has 4 nitrogen and oxygen atoms in total. The molecule has 1 N–H and O–H groups in total. The molecule has 0 aliphatic carbocycles. The lowest BCUT2D eigenvalue weighted by Gasteiger charge is -1.96. The Bertz CT molecular complexity index is 665. The summed E-state index contributed by atoms with van der Waals surface area (Å²) in [5.74, 6) is -0.982. The van der Waals surface area contributed by atoms with Crippen LogP contribution < -0.4 is 0 Å². The average Bonchev–Trinajstić information content (AvgIpc) is 2.71. The van der Waals surface area contributed by atoms with Crippen molar-refractivity contribution < 1.29 is 9.90 Å². The first-order valence-electron chi connectivity index (χ1n) is 4.82. The van der Waals surface area contributed by atoms with E-state index in [-0.39, 0.29) is 0 Å². The van der Waals surface area contributed by atoms with E-state index < -0.39 is 5.97 Å². The number of carboxylic acids is 1. The fourth-order valence-electron chi connectivity index (χ4n) is 1.47. The normalized spacial score (nSPS) is 10.8.